The number of hydrogen-bond acceptors (Lipinski definition) is 5. The summed E-state index contributed by atoms with van der Waals surface area (Å²) in [4.78, 5) is 24.6. The van der Waals surface area contributed by atoms with Gasteiger partial charge in [-0.2, -0.15) is 22.3 Å². The second-order valence-corrected chi connectivity index (χ2v) is 7.82. The average Bonchev–Trinajstić information content (AvgIpc) is 3.04. The van der Waals surface area contributed by atoms with Crippen molar-refractivity contribution in [2.24, 2.45) is 11.7 Å². The maximum absolute atomic E-state index is 14.6. The predicted molar refractivity (Wildman–Crippen MR) is 107 cm³/mol. The highest BCUT2D eigenvalue weighted by molar-refractivity contribution is 5.97. The van der Waals surface area contributed by atoms with E-state index < -0.39 is 77.2 Å². The fourth-order valence-electron chi connectivity index (χ4n) is 3.89. The van der Waals surface area contributed by atoms with Crippen LogP contribution in [0, 0.1) is 22.8 Å². The molecule has 0 bridgehead atoms. The third-order valence-electron chi connectivity index (χ3n) is 5.91. The molecule has 0 aliphatic carbocycles. The number of methoxy groups -OCH3 is 1. The summed E-state index contributed by atoms with van der Waals surface area (Å²) in [5.74, 6) is -10.2. The van der Waals surface area contributed by atoms with Crippen LogP contribution in [0.25, 0.3) is 0 Å². The number of carbonyl (C=O) groups is 2. The number of anilines is 1. The number of nitrogens with two attached hydrogens (primary N) is 1. The lowest BCUT2D eigenvalue weighted by Crippen LogP contribution is -2.47. The number of primary amides is 1. The van der Waals surface area contributed by atoms with Gasteiger partial charge in [0.25, 0.3) is 11.6 Å². The van der Waals surface area contributed by atoms with Gasteiger partial charge >= 0.3 is 12.1 Å². The Hall–Kier alpha value is -3.48. The van der Waals surface area contributed by atoms with Gasteiger partial charge in [-0.25, -0.2) is 4.39 Å². The maximum Gasteiger partial charge on any atom is 0.417 e. The van der Waals surface area contributed by atoms with Crippen molar-refractivity contribution in [3.63, 3.8) is 0 Å². The molecule has 2 heterocycles. The van der Waals surface area contributed by atoms with Crippen LogP contribution in [0.3, 0.4) is 0 Å². The van der Waals surface area contributed by atoms with Crippen LogP contribution >= 0.6 is 0 Å². The third kappa shape index (κ3) is 4.11. The fourth-order valence-corrected chi connectivity index (χ4v) is 3.89. The minimum absolute atomic E-state index is 0.0926. The molecular formula is C21H20F5N3O5. The summed E-state index contributed by atoms with van der Waals surface area (Å²) in [6.45, 7) is 1.69. The van der Waals surface area contributed by atoms with Crippen molar-refractivity contribution in [1.82, 2.24) is 0 Å². The number of rotatable bonds is 5. The molecule has 1 saturated heterocycles. The van der Waals surface area contributed by atoms with Crippen molar-refractivity contribution < 1.29 is 49.9 Å². The first-order valence-electron chi connectivity index (χ1n) is 11.1. The Morgan fingerprint density at radius 2 is 2.00 bits per heavy atom. The van der Waals surface area contributed by atoms with Crippen molar-refractivity contribution in [2.75, 3.05) is 12.4 Å². The van der Waals surface area contributed by atoms with Crippen LogP contribution < -0.4 is 20.5 Å². The Morgan fingerprint density at radius 1 is 1.32 bits per heavy atom. The molecule has 0 unspecified atom stereocenters. The molecule has 3 N–H and O–H groups in total. The topological polar surface area (TPSA) is 118 Å². The molecule has 184 valence electrons. The van der Waals surface area contributed by atoms with E-state index in [-0.39, 0.29) is 10.4 Å². The molecule has 0 radical (unpaired) electrons. The maximum atomic E-state index is 14.6. The van der Waals surface area contributed by atoms with Crippen LogP contribution in [0.15, 0.2) is 30.5 Å². The number of halogens is 5. The number of alkyl halides is 3. The van der Waals surface area contributed by atoms with E-state index >= 15 is 0 Å². The standard InChI is InChI=1S/C21H20F5N3O5/c1-9-14(11-4-5-12(22)15(23)16(11)33-3)17(34-20(9,2)21(24,25)26)19(31)28-10-6-7-29(32)13(8-10)18(27)30/h4-9,14,17H,1-3H3,(H2,27,30)(H,28,31)/t9-,14-,17+,20-/m1/s1/i3D3. The number of benzene rings is 1. The Kier molecular flexibility index (Phi) is 5.40. The van der Waals surface area contributed by atoms with E-state index in [1.54, 1.807) is 0 Å². The zero-order valence-electron chi connectivity index (χ0n) is 20.6. The van der Waals surface area contributed by atoms with Gasteiger partial charge in [0.15, 0.2) is 23.4 Å². The first kappa shape index (κ1) is 21.1. The molecule has 13 heteroatoms. The lowest BCUT2D eigenvalue weighted by molar-refractivity contribution is -0.607. The number of amides is 2. The van der Waals surface area contributed by atoms with Gasteiger partial charge in [0.05, 0.1) is 16.8 Å². The van der Waals surface area contributed by atoms with Crippen LogP contribution in [0.1, 0.15) is 39.9 Å². The van der Waals surface area contributed by atoms with E-state index in [4.69, 9.17) is 14.6 Å². The third-order valence-corrected chi connectivity index (χ3v) is 5.91. The molecule has 1 fully saturated rings. The van der Waals surface area contributed by atoms with E-state index in [0.29, 0.717) is 13.0 Å². The molecular weight excluding hydrogens is 469 g/mol. The number of carbonyl (C=O) groups excluding carboxylic acids is 2. The number of pyridine rings is 1. The van der Waals surface area contributed by atoms with Gasteiger partial charge in [-0.05, 0) is 13.0 Å². The second kappa shape index (κ2) is 8.70. The molecule has 0 spiro atoms. The van der Waals surface area contributed by atoms with Crippen LogP contribution in [0.5, 0.6) is 5.75 Å². The molecule has 1 aromatic carbocycles. The molecule has 2 aromatic rings. The lowest BCUT2D eigenvalue weighted by atomic mass is 9.77. The fraction of sp³-hybridized carbons (Fsp3) is 0.381. The van der Waals surface area contributed by atoms with E-state index in [9.17, 15) is 36.7 Å². The normalized spacial score (nSPS) is 26.3. The Morgan fingerprint density at radius 3 is 2.59 bits per heavy atom. The molecule has 4 atom stereocenters. The number of nitrogens with zero attached hydrogens (tertiary/aromatic N) is 1. The smallest absolute Gasteiger partial charge is 0.417 e. The van der Waals surface area contributed by atoms with Crippen LogP contribution in [0.4, 0.5) is 27.6 Å². The van der Waals surface area contributed by atoms with Crippen molar-refractivity contribution in [2.45, 2.75) is 37.6 Å². The Balaban J connectivity index is 2.13. The van der Waals surface area contributed by atoms with Crippen molar-refractivity contribution >= 4 is 17.5 Å². The van der Waals surface area contributed by atoms with Crippen LogP contribution in [-0.2, 0) is 9.53 Å². The highest BCUT2D eigenvalue weighted by Gasteiger charge is 2.65. The number of aromatic nitrogens is 1. The summed E-state index contributed by atoms with van der Waals surface area (Å²) >= 11 is 0. The van der Waals surface area contributed by atoms with Gasteiger partial charge in [-0.3, -0.25) is 9.59 Å². The summed E-state index contributed by atoms with van der Waals surface area (Å²) in [6, 6.07) is 3.24. The molecule has 0 saturated carbocycles. The van der Waals surface area contributed by atoms with Crippen LogP contribution in [0.2, 0.25) is 0 Å². The quantitative estimate of drug-likeness (QED) is 0.378. The molecule has 1 aliphatic heterocycles. The molecule has 3 rings (SSSR count). The number of hydrogen-bond donors (Lipinski definition) is 2. The summed E-state index contributed by atoms with van der Waals surface area (Å²) in [7, 11) is -3.32. The minimum Gasteiger partial charge on any atom is -0.618 e. The predicted octanol–water partition coefficient (Wildman–Crippen LogP) is 2.78. The summed E-state index contributed by atoms with van der Waals surface area (Å²) < 4.78 is 102. The van der Waals surface area contributed by atoms with Gasteiger partial charge in [0.2, 0.25) is 5.82 Å². The van der Waals surface area contributed by atoms with E-state index in [1.807, 2.05) is 0 Å². The second-order valence-electron chi connectivity index (χ2n) is 7.82. The molecule has 8 nitrogen and oxygen atoms in total. The van der Waals surface area contributed by atoms with Gasteiger partial charge in [0, 0.05) is 29.5 Å². The zero-order chi connectivity index (χ0) is 28.1. The van der Waals surface area contributed by atoms with Crippen molar-refractivity contribution in [3.05, 3.63) is 58.6 Å². The summed E-state index contributed by atoms with van der Waals surface area (Å²) in [5, 5.41) is 13.9. The molecule has 2 amide bonds. The highest BCUT2D eigenvalue weighted by Crippen LogP contribution is 2.55. The zero-order valence-corrected chi connectivity index (χ0v) is 17.6. The molecule has 1 aromatic heterocycles. The summed E-state index contributed by atoms with van der Waals surface area (Å²) in [5.41, 5.74) is 0.723. The van der Waals surface area contributed by atoms with Gasteiger partial charge in [-0.15, -0.1) is 0 Å². The van der Waals surface area contributed by atoms with E-state index in [2.05, 4.69) is 10.1 Å². The van der Waals surface area contributed by atoms with Crippen LogP contribution in [-0.4, -0.2) is 36.7 Å². The molecule has 1 aliphatic rings. The number of nitrogens with one attached hydrogen (secondary N) is 1. The SMILES string of the molecule is [2H]C([2H])([2H])Oc1c([C@@H]2[C@@H](C(=O)Nc3cc[n+]([O-])c(C(N)=O)c3)O[C@@](C)(C(F)(F)F)[C@@H]2C)ccc(F)c1F. The van der Waals surface area contributed by atoms with Gasteiger partial charge < -0.3 is 25.7 Å². The lowest BCUT2D eigenvalue weighted by Gasteiger charge is -2.32. The monoisotopic (exact) mass is 492 g/mol. The van der Waals surface area contributed by atoms with Crippen molar-refractivity contribution in [1.29, 1.82) is 0 Å². The Bertz CT molecular complexity index is 1240. The van der Waals surface area contributed by atoms with E-state index in [1.165, 1.54) is 0 Å². The first-order chi connectivity index (χ1) is 16.9. The van der Waals surface area contributed by atoms with Crippen molar-refractivity contribution in [3.8, 4) is 5.75 Å². The average molecular weight is 492 g/mol. The summed E-state index contributed by atoms with van der Waals surface area (Å²) in [6.07, 6.45) is -6.28. The largest absolute Gasteiger partial charge is 0.618 e. The Labute approximate surface area is 194 Å². The highest BCUT2D eigenvalue weighted by atomic mass is 19.4. The van der Waals surface area contributed by atoms with Gasteiger partial charge in [-0.1, -0.05) is 13.0 Å². The molecule has 34 heavy (non-hydrogen) atoms. The van der Waals surface area contributed by atoms with Gasteiger partial charge in [0.1, 0.15) is 6.10 Å². The minimum atomic E-state index is -5.05. The van der Waals surface area contributed by atoms with E-state index in [0.717, 1.165) is 31.3 Å². The first-order valence-corrected chi connectivity index (χ1v) is 9.62. The number of ether oxygens (including phenoxy) is 2.